The fourth-order valence-corrected chi connectivity index (χ4v) is 3.39. The Hall–Kier alpha value is -1.89. The van der Waals surface area contributed by atoms with Crippen LogP contribution in [0.5, 0.6) is 5.75 Å². The van der Waals surface area contributed by atoms with Gasteiger partial charge < -0.3 is 20.9 Å². The lowest BCUT2D eigenvalue weighted by molar-refractivity contribution is 0.0717. The number of likely N-dealkylation sites (tertiary alicyclic amines) is 1. The summed E-state index contributed by atoms with van der Waals surface area (Å²) >= 11 is 1.54. The van der Waals surface area contributed by atoms with Gasteiger partial charge in [0, 0.05) is 18.7 Å². The number of phenolic OH excluding ortho intramolecular Hbond substituents is 1. The largest absolute Gasteiger partial charge is 0.508 e. The number of benzene rings is 1. The average Bonchev–Trinajstić information content (AvgIpc) is 2.53. The van der Waals surface area contributed by atoms with Crippen LogP contribution in [0.3, 0.4) is 0 Å². The van der Waals surface area contributed by atoms with Gasteiger partial charge in [-0.2, -0.15) is 11.8 Å². The molecular weight excluding hydrogens is 290 g/mol. The number of hydrogen-bond acceptors (Lipinski definition) is 5. The Kier molecular flexibility index (Phi) is 4.62. The van der Waals surface area contributed by atoms with Gasteiger partial charge in [0.1, 0.15) is 5.75 Å². The maximum Gasteiger partial charge on any atom is 0.253 e. The highest BCUT2D eigenvalue weighted by atomic mass is 32.2. The van der Waals surface area contributed by atoms with Gasteiger partial charge in [0.2, 0.25) is 0 Å². The van der Waals surface area contributed by atoms with E-state index in [2.05, 4.69) is 5.16 Å². The number of piperidine rings is 1. The van der Waals surface area contributed by atoms with Crippen molar-refractivity contribution in [3.63, 3.8) is 0 Å². The fraction of sp³-hybridized carbons (Fsp3) is 0.429. The van der Waals surface area contributed by atoms with Gasteiger partial charge in [-0.15, -0.1) is 0 Å². The van der Waals surface area contributed by atoms with Crippen LogP contribution in [0.4, 0.5) is 0 Å². The molecule has 0 atom stereocenters. The van der Waals surface area contributed by atoms with Gasteiger partial charge in [-0.25, -0.2) is 0 Å². The van der Waals surface area contributed by atoms with Gasteiger partial charge in [0.05, 0.1) is 4.75 Å². The maximum absolute atomic E-state index is 12.4. The number of nitrogens with two attached hydrogens (primary N) is 1. The first-order valence-electron chi connectivity index (χ1n) is 6.64. The zero-order valence-corrected chi connectivity index (χ0v) is 12.6. The SMILES string of the molecule is CSC1(C(N)=NO)CCN(C(=O)c2cccc(O)c2)CC1. The van der Waals surface area contributed by atoms with Crippen molar-refractivity contribution >= 4 is 23.5 Å². The third kappa shape index (κ3) is 3.07. The highest BCUT2D eigenvalue weighted by Gasteiger charge is 2.39. The molecule has 1 aliphatic rings. The predicted molar refractivity (Wildman–Crippen MR) is 82.9 cm³/mol. The molecule has 7 heteroatoms. The molecule has 0 bridgehead atoms. The van der Waals surface area contributed by atoms with Crippen LogP contribution < -0.4 is 5.73 Å². The molecule has 0 spiro atoms. The lowest BCUT2D eigenvalue weighted by Gasteiger charge is -2.39. The van der Waals surface area contributed by atoms with Crippen LogP contribution in [0.15, 0.2) is 29.4 Å². The highest BCUT2D eigenvalue weighted by molar-refractivity contribution is 8.00. The topological polar surface area (TPSA) is 99.2 Å². The van der Waals surface area contributed by atoms with E-state index in [1.54, 1.807) is 28.8 Å². The fourth-order valence-electron chi connectivity index (χ4n) is 2.55. The quantitative estimate of drug-likeness (QED) is 0.340. The maximum atomic E-state index is 12.4. The summed E-state index contributed by atoms with van der Waals surface area (Å²) in [6.45, 7) is 1.07. The third-order valence-electron chi connectivity index (χ3n) is 3.92. The Morgan fingerprint density at radius 2 is 2.10 bits per heavy atom. The number of amidine groups is 1. The predicted octanol–water partition coefficient (Wildman–Crippen LogP) is 1.48. The number of thioether (sulfide) groups is 1. The van der Waals surface area contributed by atoms with Crippen molar-refractivity contribution in [1.29, 1.82) is 0 Å². The molecule has 1 heterocycles. The highest BCUT2D eigenvalue weighted by Crippen LogP contribution is 2.35. The number of carbonyl (C=O) groups excluding carboxylic acids is 1. The Morgan fingerprint density at radius 3 is 2.62 bits per heavy atom. The van der Waals surface area contributed by atoms with E-state index in [0.717, 1.165) is 0 Å². The Bertz CT molecular complexity index is 554. The Balaban J connectivity index is 2.09. The minimum atomic E-state index is -0.412. The first-order valence-corrected chi connectivity index (χ1v) is 7.86. The monoisotopic (exact) mass is 309 g/mol. The number of oxime groups is 1. The van der Waals surface area contributed by atoms with Crippen molar-refractivity contribution in [3.05, 3.63) is 29.8 Å². The molecule has 1 fully saturated rings. The molecule has 1 amide bonds. The van der Waals surface area contributed by atoms with Gasteiger partial charge in [-0.3, -0.25) is 4.79 Å². The van der Waals surface area contributed by atoms with Gasteiger partial charge in [-0.05, 0) is 37.3 Å². The summed E-state index contributed by atoms with van der Waals surface area (Å²) in [7, 11) is 0. The molecule has 1 saturated heterocycles. The molecule has 114 valence electrons. The van der Waals surface area contributed by atoms with Crippen LogP contribution in [-0.4, -0.2) is 51.0 Å². The Labute approximate surface area is 127 Å². The summed E-state index contributed by atoms with van der Waals surface area (Å²) in [5.41, 5.74) is 6.26. The number of phenols is 1. The van der Waals surface area contributed by atoms with Crippen molar-refractivity contribution in [2.75, 3.05) is 19.3 Å². The summed E-state index contributed by atoms with van der Waals surface area (Å²) in [5.74, 6) is 0.174. The minimum Gasteiger partial charge on any atom is -0.508 e. The van der Waals surface area contributed by atoms with Crippen LogP contribution in [0.25, 0.3) is 0 Å². The first-order chi connectivity index (χ1) is 10.0. The second-order valence-corrected chi connectivity index (χ2v) is 6.22. The standard InChI is InChI=1S/C14H19N3O3S/c1-21-14(13(15)16-20)5-7-17(8-6-14)12(19)10-3-2-4-11(18)9-10/h2-4,9,18,20H,5-8H2,1H3,(H2,15,16). The molecule has 21 heavy (non-hydrogen) atoms. The molecule has 0 unspecified atom stereocenters. The molecule has 0 aliphatic carbocycles. The van der Waals surface area contributed by atoms with E-state index in [4.69, 9.17) is 10.9 Å². The van der Waals surface area contributed by atoms with Crippen molar-refractivity contribution < 1.29 is 15.1 Å². The average molecular weight is 309 g/mol. The second kappa shape index (κ2) is 6.26. The second-order valence-electron chi connectivity index (χ2n) is 5.03. The first kappa shape index (κ1) is 15.5. The van der Waals surface area contributed by atoms with Crippen molar-refractivity contribution in [3.8, 4) is 5.75 Å². The number of nitrogens with zero attached hydrogens (tertiary/aromatic N) is 2. The summed E-state index contributed by atoms with van der Waals surface area (Å²) in [5, 5.41) is 21.5. The van der Waals surface area contributed by atoms with Crippen molar-refractivity contribution in [2.24, 2.45) is 10.9 Å². The number of hydrogen-bond donors (Lipinski definition) is 3. The van der Waals surface area contributed by atoms with Crippen LogP contribution in [0, 0.1) is 0 Å². The van der Waals surface area contributed by atoms with E-state index in [9.17, 15) is 9.90 Å². The van der Waals surface area contributed by atoms with E-state index >= 15 is 0 Å². The molecule has 0 radical (unpaired) electrons. The molecule has 0 aromatic heterocycles. The number of amides is 1. The van der Waals surface area contributed by atoms with Gasteiger partial charge in [0.15, 0.2) is 5.84 Å². The Morgan fingerprint density at radius 1 is 1.43 bits per heavy atom. The van der Waals surface area contributed by atoms with Gasteiger partial charge in [-0.1, -0.05) is 11.2 Å². The normalized spacial score (nSPS) is 18.5. The summed E-state index contributed by atoms with van der Waals surface area (Å²) < 4.78 is -0.412. The van der Waals surface area contributed by atoms with Crippen LogP contribution >= 0.6 is 11.8 Å². The number of aromatic hydroxyl groups is 1. The van der Waals surface area contributed by atoms with E-state index in [1.165, 1.54) is 12.1 Å². The molecule has 2 rings (SSSR count). The lowest BCUT2D eigenvalue weighted by atomic mass is 9.94. The van der Waals surface area contributed by atoms with Crippen LogP contribution in [-0.2, 0) is 0 Å². The van der Waals surface area contributed by atoms with Crippen molar-refractivity contribution in [1.82, 2.24) is 4.90 Å². The molecular formula is C14H19N3O3S. The van der Waals surface area contributed by atoms with Crippen LogP contribution in [0.2, 0.25) is 0 Å². The lowest BCUT2D eigenvalue weighted by Crippen LogP contribution is -2.51. The van der Waals surface area contributed by atoms with E-state index in [-0.39, 0.29) is 17.5 Å². The van der Waals surface area contributed by atoms with Gasteiger partial charge >= 0.3 is 0 Å². The molecule has 6 nitrogen and oxygen atoms in total. The zero-order valence-electron chi connectivity index (χ0n) is 11.8. The summed E-state index contributed by atoms with van der Waals surface area (Å²) in [6.07, 6.45) is 3.19. The zero-order chi connectivity index (χ0) is 15.5. The van der Waals surface area contributed by atoms with E-state index in [1.807, 2.05) is 6.26 Å². The number of carbonyl (C=O) groups is 1. The van der Waals surface area contributed by atoms with Crippen LogP contribution in [0.1, 0.15) is 23.2 Å². The summed E-state index contributed by atoms with van der Waals surface area (Å²) in [6, 6.07) is 6.32. The molecule has 1 aliphatic heterocycles. The molecule has 4 N–H and O–H groups in total. The molecule has 1 aromatic carbocycles. The minimum absolute atomic E-state index is 0.0768. The third-order valence-corrected chi connectivity index (χ3v) is 5.32. The van der Waals surface area contributed by atoms with Gasteiger partial charge in [0.25, 0.3) is 5.91 Å². The van der Waals surface area contributed by atoms with E-state index in [0.29, 0.717) is 31.5 Å². The number of rotatable bonds is 3. The molecule has 0 saturated carbocycles. The van der Waals surface area contributed by atoms with Crippen molar-refractivity contribution in [2.45, 2.75) is 17.6 Å². The smallest absolute Gasteiger partial charge is 0.253 e. The van der Waals surface area contributed by atoms with E-state index < -0.39 is 4.75 Å². The molecule has 1 aromatic rings. The summed E-state index contributed by atoms with van der Waals surface area (Å²) in [4.78, 5) is 14.1.